The molecule has 3 rings (SSSR count). The van der Waals surface area contributed by atoms with Crippen molar-refractivity contribution in [1.82, 2.24) is 10.2 Å². The number of aryl methyl sites for hydroxylation is 1. The minimum atomic E-state index is -0.570. The quantitative estimate of drug-likeness (QED) is 0.309. The maximum absolute atomic E-state index is 12.2. The fourth-order valence-corrected chi connectivity index (χ4v) is 3.86. The summed E-state index contributed by atoms with van der Waals surface area (Å²) in [4.78, 5) is 22.8. The number of aromatic nitrogens is 2. The highest BCUT2D eigenvalue weighted by Crippen LogP contribution is 2.30. The molecule has 0 radical (unpaired) electrons. The molecule has 0 unspecified atom stereocenters. The van der Waals surface area contributed by atoms with Gasteiger partial charge in [0.1, 0.15) is 11.4 Å². The van der Waals surface area contributed by atoms with Crippen molar-refractivity contribution in [2.75, 3.05) is 23.5 Å². The van der Waals surface area contributed by atoms with Crippen LogP contribution in [0.1, 0.15) is 5.56 Å². The summed E-state index contributed by atoms with van der Waals surface area (Å²) in [5.74, 6) is 0.000525. The number of hydrogen-bond acceptors (Lipinski definition) is 9. The number of nitrogens with one attached hydrogen (secondary N) is 2. The van der Waals surface area contributed by atoms with Gasteiger partial charge in [-0.25, -0.2) is 0 Å². The van der Waals surface area contributed by atoms with Crippen LogP contribution in [0.5, 0.6) is 5.75 Å². The number of rotatable bonds is 8. The van der Waals surface area contributed by atoms with Crippen LogP contribution in [0.4, 0.5) is 22.2 Å². The maximum Gasteiger partial charge on any atom is 0.296 e. The van der Waals surface area contributed by atoms with Gasteiger partial charge in [0.05, 0.1) is 23.9 Å². The predicted octanol–water partition coefficient (Wildman–Crippen LogP) is 4.24. The molecule has 0 aliphatic heterocycles. The predicted molar refractivity (Wildman–Crippen MR) is 113 cm³/mol. The van der Waals surface area contributed by atoms with Crippen LogP contribution in [0, 0.1) is 17.0 Å². The lowest BCUT2D eigenvalue weighted by Crippen LogP contribution is -2.15. The molecule has 0 bridgehead atoms. The van der Waals surface area contributed by atoms with Gasteiger partial charge in [0.2, 0.25) is 11.0 Å². The highest BCUT2D eigenvalue weighted by atomic mass is 32.2. The molecule has 2 N–H and O–H groups in total. The summed E-state index contributed by atoms with van der Waals surface area (Å²) in [5.41, 5.74) is 1.93. The molecule has 11 heteroatoms. The second-order valence-corrected chi connectivity index (χ2v) is 8.04. The topological polar surface area (TPSA) is 119 Å². The largest absolute Gasteiger partial charge is 0.496 e. The van der Waals surface area contributed by atoms with Crippen molar-refractivity contribution in [3.63, 3.8) is 0 Å². The lowest BCUT2D eigenvalue weighted by molar-refractivity contribution is -0.384. The third kappa shape index (κ3) is 5.65. The summed E-state index contributed by atoms with van der Waals surface area (Å²) in [6.07, 6.45) is 0. The van der Waals surface area contributed by atoms with Crippen molar-refractivity contribution < 1.29 is 14.5 Å². The summed E-state index contributed by atoms with van der Waals surface area (Å²) in [7, 11) is 1.41. The van der Waals surface area contributed by atoms with Gasteiger partial charge in [-0.3, -0.25) is 14.9 Å². The van der Waals surface area contributed by atoms with Gasteiger partial charge >= 0.3 is 0 Å². The molecule has 0 saturated carbocycles. The average molecular weight is 431 g/mol. The summed E-state index contributed by atoms with van der Waals surface area (Å²) in [5, 5.41) is 25.6. The third-order valence-corrected chi connectivity index (χ3v) is 5.68. The van der Waals surface area contributed by atoms with E-state index in [-0.39, 0.29) is 23.0 Å². The highest BCUT2D eigenvalue weighted by Gasteiger charge is 2.17. The Balaban J connectivity index is 1.57. The highest BCUT2D eigenvalue weighted by molar-refractivity contribution is 8.01. The zero-order chi connectivity index (χ0) is 20.8. The molecular weight excluding hydrogens is 414 g/mol. The first-order valence-corrected chi connectivity index (χ1v) is 10.2. The van der Waals surface area contributed by atoms with Crippen LogP contribution in [0.3, 0.4) is 0 Å². The fraction of sp³-hybridized carbons (Fsp3) is 0.167. The van der Waals surface area contributed by atoms with Gasteiger partial charge in [-0.1, -0.05) is 40.8 Å². The van der Waals surface area contributed by atoms with Crippen molar-refractivity contribution in [2.24, 2.45) is 0 Å². The monoisotopic (exact) mass is 431 g/mol. The zero-order valence-electron chi connectivity index (χ0n) is 15.5. The standard InChI is InChI=1S/C18H17N5O4S2/c1-11-3-5-12(6-4-11)19-17-21-22-18(29-17)28-10-16(24)20-14-8-7-13(27-2)9-15(14)23(25)26/h3-9H,10H2,1-2H3,(H,19,21)(H,20,24). The number of methoxy groups -OCH3 is 1. The lowest BCUT2D eigenvalue weighted by atomic mass is 10.2. The van der Waals surface area contributed by atoms with Crippen LogP contribution in [-0.4, -0.2) is 33.9 Å². The number of nitro benzene ring substituents is 1. The molecule has 0 aliphatic carbocycles. The normalized spacial score (nSPS) is 10.4. The Morgan fingerprint density at radius 3 is 2.69 bits per heavy atom. The molecule has 0 fully saturated rings. The van der Waals surface area contributed by atoms with E-state index >= 15 is 0 Å². The first-order chi connectivity index (χ1) is 13.9. The summed E-state index contributed by atoms with van der Waals surface area (Å²) in [6.45, 7) is 2.01. The van der Waals surface area contributed by atoms with Gasteiger partial charge in [0, 0.05) is 5.69 Å². The van der Waals surface area contributed by atoms with Crippen molar-refractivity contribution >= 4 is 51.2 Å². The van der Waals surface area contributed by atoms with Gasteiger partial charge in [-0.15, -0.1) is 10.2 Å². The van der Waals surface area contributed by atoms with Gasteiger partial charge in [0.25, 0.3) is 5.69 Å². The molecule has 150 valence electrons. The second kappa shape index (κ2) is 9.34. The number of nitrogens with zero attached hydrogens (tertiary/aromatic N) is 3. The first kappa shape index (κ1) is 20.6. The molecule has 1 heterocycles. The van der Waals surface area contributed by atoms with Crippen LogP contribution in [-0.2, 0) is 4.79 Å². The van der Waals surface area contributed by atoms with Crippen LogP contribution in [0.2, 0.25) is 0 Å². The Labute approximate surface area is 174 Å². The number of ether oxygens (including phenoxy) is 1. The molecule has 3 aromatic rings. The number of nitro groups is 1. The smallest absolute Gasteiger partial charge is 0.296 e. The van der Waals surface area contributed by atoms with Gasteiger partial charge < -0.3 is 15.4 Å². The SMILES string of the molecule is COc1ccc(NC(=O)CSc2nnc(Nc3ccc(C)cc3)s2)c([N+](=O)[O-])c1. The Kier molecular flexibility index (Phi) is 6.62. The number of carbonyl (C=O) groups is 1. The Hall–Kier alpha value is -3.18. The molecular formula is C18H17N5O4S2. The number of benzene rings is 2. The van der Waals surface area contributed by atoms with Crippen molar-refractivity contribution in [3.8, 4) is 5.75 Å². The molecule has 0 spiro atoms. The van der Waals surface area contributed by atoms with E-state index in [1.807, 2.05) is 31.2 Å². The minimum absolute atomic E-state index is 0.0440. The zero-order valence-corrected chi connectivity index (χ0v) is 17.2. The molecule has 1 aromatic heterocycles. The van der Waals surface area contributed by atoms with Gasteiger partial charge in [-0.05, 0) is 31.2 Å². The van der Waals surface area contributed by atoms with Crippen molar-refractivity contribution in [3.05, 3.63) is 58.1 Å². The Morgan fingerprint density at radius 2 is 2.00 bits per heavy atom. The number of amides is 1. The fourth-order valence-electron chi connectivity index (χ4n) is 2.29. The molecule has 0 saturated heterocycles. The van der Waals surface area contributed by atoms with E-state index in [1.54, 1.807) is 6.07 Å². The average Bonchev–Trinajstić information content (AvgIpc) is 3.15. The summed E-state index contributed by atoms with van der Waals surface area (Å²) >= 11 is 2.52. The third-order valence-electron chi connectivity index (χ3n) is 3.71. The van der Waals surface area contributed by atoms with E-state index in [0.717, 1.165) is 11.3 Å². The number of carbonyl (C=O) groups excluding carboxylic acids is 1. The van der Waals surface area contributed by atoms with Crippen LogP contribution in [0.15, 0.2) is 46.8 Å². The summed E-state index contributed by atoms with van der Waals surface area (Å²) < 4.78 is 5.59. The molecule has 29 heavy (non-hydrogen) atoms. The van der Waals surface area contributed by atoms with E-state index in [9.17, 15) is 14.9 Å². The Morgan fingerprint density at radius 1 is 1.24 bits per heavy atom. The van der Waals surface area contributed by atoms with Crippen molar-refractivity contribution in [2.45, 2.75) is 11.3 Å². The number of anilines is 3. The van der Waals surface area contributed by atoms with Gasteiger partial charge in [-0.2, -0.15) is 0 Å². The molecule has 0 aliphatic rings. The van der Waals surface area contributed by atoms with E-state index in [0.29, 0.717) is 15.2 Å². The summed E-state index contributed by atoms with van der Waals surface area (Å²) in [6, 6.07) is 12.1. The van der Waals surface area contributed by atoms with E-state index in [2.05, 4.69) is 20.8 Å². The number of hydrogen-bond donors (Lipinski definition) is 2. The number of thioether (sulfide) groups is 1. The molecule has 0 atom stereocenters. The second-order valence-electron chi connectivity index (χ2n) is 5.84. The minimum Gasteiger partial charge on any atom is -0.496 e. The van der Waals surface area contributed by atoms with Crippen LogP contribution >= 0.6 is 23.1 Å². The molecule has 2 aromatic carbocycles. The van der Waals surface area contributed by atoms with E-state index < -0.39 is 4.92 Å². The van der Waals surface area contributed by atoms with E-state index in [1.165, 1.54) is 42.3 Å². The first-order valence-electron chi connectivity index (χ1n) is 8.37. The lowest BCUT2D eigenvalue weighted by Gasteiger charge is -2.07. The Bertz CT molecular complexity index is 1020. The van der Waals surface area contributed by atoms with E-state index in [4.69, 9.17) is 4.74 Å². The van der Waals surface area contributed by atoms with Crippen molar-refractivity contribution in [1.29, 1.82) is 0 Å². The molecule has 1 amide bonds. The van der Waals surface area contributed by atoms with Gasteiger partial charge in [0.15, 0.2) is 4.34 Å². The molecule has 9 nitrogen and oxygen atoms in total. The maximum atomic E-state index is 12.2. The van der Waals surface area contributed by atoms with Crippen LogP contribution < -0.4 is 15.4 Å². The van der Waals surface area contributed by atoms with Crippen LogP contribution in [0.25, 0.3) is 0 Å².